The maximum atomic E-state index is 12.7. The van der Waals surface area contributed by atoms with Gasteiger partial charge in [0, 0.05) is 25.4 Å². The van der Waals surface area contributed by atoms with Crippen LogP contribution in [0.1, 0.15) is 31.2 Å². The molecule has 1 aromatic rings. The van der Waals surface area contributed by atoms with Crippen LogP contribution in [0.3, 0.4) is 0 Å². The Balaban J connectivity index is 0.00000420. The lowest BCUT2D eigenvalue weighted by molar-refractivity contribution is -0.182. The van der Waals surface area contributed by atoms with Gasteiger partial charge >= 0.3 is 12.4 Å². The number of aliphatic imine (C=N–C) groups is 1. The molecule has 0 atom stereocenters. The van der Waals surface area contributed by atoms with Gasteiger partial charge in [-0.2, -0.15) is 26.3 Å². The van der Waals surface area contributed by atoms with E-state index in [-0.39, 0.29) is 55.3 Å². The van der Waals surface area contributed by atoms with Crippen molar-refractivity contribution in [2.24, 2.45) is 10.9 Å². The fourth-order valence-corrected chi connectivity index (χ4v) is 2.91. The van der Waals surface area contributed by atoms with Crippen molar-refractivity contribution in [3.63, 3.8) is 0 Å². The van der Waals surface area contributed by atoms with E-state index >= 15 is 0 Å². The summed E-state index contributed by atoms with van der Waals surface area (Å²) in [7, 11) is 1.54. The van der Waals surface area contributed by atoms with Crippen molar-refractivity contribution in [3.8, 4) is 5.88 Å². The molecule has 0 spiro atoms. The van der Waals surface area contributed by atoms with Crippen LogP contribution in [-0.4, -0.2) is 43.4 Å². The summed E-state index contributed by atoms with van der Waals surface area (Å²) in [6.45, 7) is 0.417. The molecule has 0 unspecified atom stereocenters. The molecule has 2 N–H and O–H groups in total. The molecule has 0 aliphatic heterocycles. The third-order valence-corrected chi connectivity index (χ3v) is 4.46. The van der Waals surface area contributed by atoms with E-state index in [0.29, 0.717) is 31.5 Å². The summed E-state index contributed by atoms with van der Waals surface area (Å²) in [5, 5.41) is 6.02. The van der Waals surface area contributed by atoms with Crippen LogP contribution in [0.5, 0.6) is 5.88 Å². The summed E-state index contributed by atoms with van der Waals surface area (Å²) in [4.78, 5) is 7.60. The van der Waals surface area contributed by atoms with Gasteiger partial charge in [-0.3, -0.25) is 4.99 Å². The molecule has 1 heterocycles. The van der Waals surface area contributed by atoms with Gasteiger partial charge < -0.3 is 15.4 Å². The molecule has 0 radical (unpaired) electrons. The van der Waals surface area contributed by atoms with Crippen molar-refractivity contribution in [1.29, 1.82) is 0 Å². The molecule has 1 aliphatic rings. The molecule has 0 bridgehead atoms. The van der Waals surface area contributed by atoms with Crippen molar-refractivity contribution in [2.75, 3.05) is 20.2 Å². The molecule has 0 aromatic carbocycles. The van der Waals surface area contributed by atoms with Crippen LogP contribution in [0.2, 0.25) is 0 Å². The number of rotatable bonds is 5. The van der Waals surface area contributed by atoms with Crippen molar-refractivity contribution >= 4 is 29.9 Å². The van der Waals surface area contributed by atoms with Crippen molar-refractivity contribution in [1.82, 2.24) is 15.6 Å². The molecule has 0 saturated heterocycles. The van der Waals surface area contributed by atoms with Gasteiger partial charge in [0.1, 0.15) is 6.61 Å². The summed E-state index contributed by atoms with van der Waals surface area (Å²) in [5.74, 6) is -0.757. The summed E-state index contributed by atoms with van der Waals surface area (Å²) < 4.78 is 80.7. The first-order valence-electron chi connectivity index (χ1n) is 8.79. The average molecular weight is 540 g/mol. The number of aromatic nitrogens is 1. The molecule has 1 fully saturated rings. The number of halogens is 7. The summed E-state index contributed by atoms with van der Waals surface area (Å²) in [5.41, 5.74) is -0.858. The Morgan fingerprint density at radius 1 is 1.14 bits per heavy atom. The van der Waals surface area contributed by atoms with Crippen LogP contribution in [0, 0.1) is 5.92 Å². The monoisotopic (exact) mass is 540 g/mol. The highest BCUT2D eigenvalue weighted by molar-refractivity contribution is 14.0. The second kappa shape index (κ2) is 11.1. The highest BCUT2D eigenvalue weighted by atomic mass is 127. The standard InChI is InChI=1S/C17H22F6N4O.HI/c1-24-15(27-13-5-2-11(3-6-13)16(18,19)20)25-8-9-28-14-7-4-12(10-26-14)17(21,22)23;/h4,7,10-11,13H,2-3,5-6,8-9H2,1H3,(H2,24,25,27);1H. The van der Waals surface area contributed by atoms with Crippen LogP contribution < -0.4 is 15.4 Å². The van der Waals surface area contributed by atoms with Crippen LogP contribution >= 0.6 is 24.0 Å². The Kier molecular flexibility index (Phi) is 9.76. The van der Waals surface area contributed by atoms with Gasteiger partial charge in [0.2, 0.25) is 5.88 Å². The summed E-state index contributed by atoms with van der Waals surface area (Å²) >= 11 is 0. The Morgan fingerprint density at radius 3 is 2.28 bits per heavy atom. The first-order chi connectivity index (χ1) is 13.1. The fourth-order valence-electron chi connectivity index (χ4n) is 2.91. The lowest BCUT2D eigenvalue weighted by Gasteiger charge is -2.31. The predicted octanol–water partition coefficient (Wildman–Crippen LogP) is 4.38. The molecule has 1 aromatic heterocycles. The minimum atomic E-state index is -4.45. The topological polar surface area (TPSA) is 58.5 Å². The lowest BCUT2D eigenvalue weighted by Crippen LogP contribution is -2.46. The van der Waals surface area contributed by atoms with Crippen LogP contribution in [-0.2, 0) is 6.18 Å². The molecule has 29 heavy (non-hydrogen) atoms. The minimum Gasteiger partial charge on any atom is -0.476 e. The highest BCUT2D eigenvalue weighted by Crippen LogP contribution is 2.37. The van der Waals surface area contributed by atoms with Gasteiger partial charge in [-0.15, -0.1) is 24.0 Å². The number of hydrogen-bond donors (Lipinski definition) is 2. The number of hydrogen-bond acceptors (Lipinski definition) is 3. The smallest absolute Gasteiger partial charge is 0.417 e. The zero-order valence-electron chi connectivity index (χ0n) is 15.6. The van der Waals surface area contributed by atoms with Crippen LogP contribution in [0.15, 0.2) is 23.3 Å². The molecule has 1 aliphatic carbocycles. The second-order valence-corrected chi connectivity index (χ2v) is 6.46. The zero-order chi connectivity index (χ0) is 20.8. The molecule has 5 nitrogen and oxygen atoms in total. The SMILES string of the molecule is CN=C(NCCOc1ccc(C(F)(F)F)cn1)NC1CCC(C(F)(F)F)CC1.I. The Bertz CT molecular complexity index is 643. The minimum absolute atomic E-state index is 0. The second-order valence-electron chi connectivity index (χ2n) is 6.46. The summed E-state index contributed by atoms with van der Waals surface area (Å²) in [6, 6.07) is 1.92. The van der Waals surface area contributed by atoms with Crippen molar-refractivity contribution in [3.05, 3.63) is 23.9 Å². The molecule has 2 rings (SSSR count). The lowest BCUT2D eigenvalue weighted by atomic mass is 9.85. The van der Waals surface area contributed by atoms with Gasteiger partial charge in [0.05, 0.1) is 18.0 Å². The molecule has 0 amide bonds. The number of nitrogens with one attached hydrogen (secondary N) is 2. The maximum Gasteiger partial charge on any atom is 0.417 e. The normalized spacial score (nSPS) is 20.6. The van der Waals surface area contributed by atoms with E-state index in [4.69, 9.17) is 4.74 Å². The van der Waals surface area contributed by atoms with E-state index in [1.807, 2.05) is 0 Å². The van der Waals surface area contributed by atoms with E-state index < -0.39 is 23.8 Å². The average Bonchev–Trinajstić information content (AvgIpc) is 2.63. The largest absolute Gasteiger partial charge is 0.476 e. The number of pyridine rings is 1. The quantitative estimate of drug-likeness (QED) is 0.192. The molecule has 166 valence electrons. The fraction of sp³-hybridized carbons (Fsp3) is 0.647. The van der Waals surface area contributed by atoms with E-state index in [2.05, 4.69) is 20.6 Å². The van der Waals surface area contributed by atoms with Gasteiger partial charge in [-0.05, 0) is 31.7 Å². The molecule has 12 heteroatoms. The predicted molar refractivity (Wildman–Crippen MR) is 106 cm³/mol. The van der Waals surface area contributed by atoms with Crippen LogP contribution in [0.4, 0.5) is 26.3 Å². The molecular formula is C17H23F6IN4O. The highest BCUT2D eigenvalue weighted by Gasteiger charge is 2.41. The zero-order valence-corrected chi connectivity index (χ0v) is 17.9. The van der Waals surface area contributed by atoms with E-state index in [1.165, 1.54) is 7.05 Å². The number of guanidine groups is 1. The van der Waals surface area contributed by atoms with E-state index in [1.54, 1.807) is 0 Å². The first kappa shape index (κ1) is 25.6. The van der Waals surface area contributed by atoms with Crippen molar-refractivity contribution < 1.29 is 31.1 Å². The first-order valence-corrected chi connectivity index (χ1v) is 8.79. The number of nitrogens with zero attached hydrogens (tertiary/aromatic N) is 2. The Morgan fingerprint density at radius 2 is 1.79 bits per heavy atom. The van der Waals surface area contributed by atoms with Crippen LogP contribution in [0.25, 0.3) is 0 Å². The maximum absolute atomic E-state index is 12.7. The Hall–Kier alpha value is -1.47. The number of ether oxygens (including phenoxy) is 1. The van der Waals surface area contributed by atoms with Gasteiger partial charge in [0.25, 0.3) is 0 Å². The summed E-state index contributed by atoms with van der Waals surface area (Å²) in [6.07, 6.45) is -6.94. The third-order valence-electron chi connectivity index (χ3n) is 4.46. The van der Waals surface area contributed by atoms with E-state index in [9.17, 15) is 26.3 Å². The Labute approximate surface area is 181 Å². The molecule has 1 saturated carbocycles. The number of alkyl halides is 6. The van der Waals surface area contributed by atoms with Crippen molar-refractivity contribution in [2.45, 2.75) is 44.1 Å². The van der Waals surface area contributed by atoms with Gasteiger partial charge in [-0.1, -0.05) is 0 Å². The van der Waals surface area contributed by atoms with E-state index in [0.717, 1.165) is 12.1 Å². The third kappa shape index (κ3) is 8.42. The van der Waals surface area contributed by atoms with Gasteiger partial charge in [-0.25, -0.2) is 4.98 Å². The molecular weight excluding hydrogens is 517 g/mol. The van der Waals surface area contributed by atoms with Gasteiger partial charge in [0.15, 0.2) is 5.96 Å².